The largest absolute Gasteiger partial charge is 0.480 e. The minimum absolute atomic E-state index is 0.284. The van der Waals surface area contributed by atoms with Gasteiger partial charge in [0.2, 0.25) is 5.91 Å². The fraction of sp³-hybridized carbons (Fsp3) is 0.444. The topological polar surface area (TPSA) is 66.4 Å². The minimum Gasteiger partial charge on any atom is -0.480 e. The minimum atomic E-state index is -1.02. The third kappa shape index (κ3) is 4.45. The molecule has 0 saturated carbocycles. The first-order chi connectivity index (χ1) is 10.3. The Morgan fingerprint density at radius 3 is 2.36 bits per heavy atom. The highest BCUT2D eigenvalue weighted by molar-refractivity contribution is 5.90. The summed E-state index contributed by atoms with van der Waals surface area (Å²) in [7, 11) is 0. The number of carbonyl (C=O) groups is 2. The van der Waals surface area contributed by atoms with E-state index in [4.69, 9.17) is 0 Å². The molecule has 2 N–H and O–H groups in total. The van der Waals surface area contributed by atoms with Gasteiger partial charge in [-0.15, -0.1) is 6.58 Å². The van der Waals surface area contributed by atoms with E-state index in [-0.39, 0.29) is 5.91 Å². The van der Waals surface area contributed by atoms with Gasteiger partial charge in [-0.25, -0.2) is 4.79 Å². The lowest BCUT2D eigenvalue weighted by Gasteiger charge is -2.26. The van der Waals surface area contributed by atoms with Crippen LogP contribution in [0.2, 0.25) is 0 Å². The highest BCUT2D eigenvalue weighted by atomic mass is 16.4. The number of benzene rings is 1. The molecule has 120 valence electrons. The fourth-order valence-electron chi connectivity index (χ4n) is 2.17. The van der Waals surface area contributed by atoms with Crippen LogP contribution < -0.4 is 5.32 Å². The van der Waals surface area contributed by atoms with Crippen LogP contribution in [0.5, 0.6) is 0 Å². The molecule has 1 rings (SSSR count). The van der Waals surface area contributed by atoms with Crippen LogP contribution in [-0.2, 0) is 21.4 Å². The molecule has 4 heteroatoms. The number of carboxylic acids is 1. The lowest BCUT2D eigenvalue weighted by atomic mass is 9.83. The summed E-state index contributed by atoms with van der Waals surface area (Å²) >= 11 is 0. The van der Waals surface area contributed by atoms with Crippen LogP contribution in [0.4, 0.5) is 0 Å². The van der Waals surface area contributed by atoms with Gasteiger partial charge in [-0.2, -0.15) is 0 Å². The Hall–Kier alpha value is -2.10. The number of hydrogen-bond donors (Lipinski definition) is 2. The Kier molecular flexibility index (Phi) is 6.35. The van der Waals surface area contributed by atoms with E-state index in [0.29, 0.717) is 12.8 Å². The highest BCUT2D eigenvalue weighted by Gasteiger charge is 2.32. The Bertz CT molecular complexity index is 532. The molecule has 1 atom stereocenters. The first kappa shape index (κ1) is 18.0. The van der Waals surface area contributed by atoms with Gasteiger partial charge >= 0.3 is 5.97 Å². The molecule has 0 aliphatic heterocycles. The van der Waals surface area contributed by atoms with Gasteiger partial charge in [0.05, 0.1) is 5.41 Å². The van der Waals surface area contributed by atoms with Crippen molar-refractivity contribution in [1.29, 1.82) is 0 Å². The number of aliphatic carboxylic acids is 1. The molecule has 0 fully saturated rings. The summed E-state index contributed by atoms with van der Waals surface area (Å²) in [5.74, 6) is -1.31. The normalized spacial score (nSPS) is 12.5. The van der Waals surface area contributed by atoms with E-state index in [1.165, 1.54) is 5.56 Å². The van der Waals surface area contributed by atoms with Crippen molar-refractivity contribution < 1.29 is 14.7 Å². The molecular weight excluding hydrogens is 278 g/mol. The van der Waals surface area contributed by atoms with Crippen LogP contribution in [0.15, 0.2) is 36.9 Å². The molecule has 1 aromatic carbocycles. The number of nitrogens with one attached hydrogen (secondary N) is 1. The van der Waals surface area contributed by atoms with E-state index < -0.39 is 17.4 Å². The first-order valence-corrected chi connectivity index (χ1v) is 7.57. The second-order valence-corrected chi connectivity index (χ2v) is 5.91. The molecule has 22 heavy (non-hydrogen) atoms. The lowest BCUT2D eigenvalue weighted by Crippen LogP contribution is -2.48. The molecule has 0 aliphatic carbocycles. The van der Waals surface area contributed by atoms with Gasteiger partial charge < -0.3 is 10.4 Å². The Morgan fingerprint density at radius 1 is 1.32 bits per heavy atom. The maximum atomic E-state index is 12.5. The van der Waals surface area contributed by atoms with Crippen molar-refractivity contribution >= 4 is 11.9 Å². The SMILES string of the molecule is C=CCCC(NC(=O)C(C)(C)c1ccc(CC)cc1)C(=O)O. The second-order valence-electron chi connectivity index (χ2n) is 5.91. The van der Waals surface area contributed by atoms with Crippen molar-refractivity contribution in [2.75, 3.05) is 0 Å². The average Bonchev–Trinajstić information content (AvgIpc) is 2.50. The average molecular weight is 303 g/mol. The van der Waals surface area contributed by atoms with Crippen LogP contribution in [-0.4, -0.2) is 23.0 Å². The van der Waals surface area contributed by atoms with E-state index in [2.05, 4.69) is 18.8 Å². The molecule has 0 aromatic heterocycles. The first-order valence-electron chi connectivity index (χ1n) is 7.57. The van der Waals surface area contributed by atoms with E-state index in [1.807, 2.05) is 24.3 Å². The maximum Gasteiger partial charge on any atom is 0.326 e. The van der Waals surface area contributed by atoms with Gasteiger partial charge in [0.1, 0.15) is 6.04 Å². The van der Waals surface area contributed by atoms with Gasteiger partial charge in [-0.05, 0) is 44.2 Å². The summed E-state index contributed by atoms with van der Waals surface area (Å²) in [6.07, 6.45) is 3.48. The number of carbonyl (C=O) groups excluding carboxylic acids is 1. The van der Waals surface area contributed by atoms with E-state index >= 15 is 0 Å². The zero-order chi connectivity index (χ0) is 16.8. The van der Waals surface area contributed by atoms with Gasteiger partial charge in [0, 0.05) is 0 Å². The molecular formula is C18H25NO3. The molecule has 1 unspecified atom stereocenters. The number of allylic oxidation sites excluding steroid dienone is 1. The Labute approximate surface area is 132 Å². The predicted octanol–water partition coefficient (Wildman–Crippen LogP) is 3.06. The Balaban J connectivity index is 2.87. The highest BCUT2D eigenvalue weighted by Crippen LogP contribution is 2.24. The van der Waals surface area contributed by atoms with Crippen molar-refractivity contribution in [1.82, 2.24) is 5.32 Å². The molecule has 0 spiro atoms. The molecule has 0 heterocycles. The Morgan fingerprint density at radius 2 is 1.91 bits per heavy atom. The quantitative estimate of drug-likeness (QED) is 0.725. The summed E-state index contributed by atoms with van der Waals surface area (Å²) < 4.78 is 0. The van der Waals surface area contributed by atoms with Crippen molar-refractivity contribution in [2.45, 2.75) is 51.5 Å². The number of amides is 1. The number of carboxylic acid groups (broad SMARTS) is 1. The van der Waals surface area contributed by atoms with Crippen LogP contribution in [0.1, 0.15) is 44.7 Å². The summed E-state index contributed by atoms with van der Waals surface area (Å²) in [6.45, 7) is 9.25. The van der Waals surface area contributed by atoms with Crippen LogP contribution in [0.3, 0.4) is 0 Å². The monoisotopic (exact) mass is 303 g/mol. The van der Waals surface area contributed by atoms with Crippen molar-refractivity contribution in [3.05, 3.63) is 48.0 Å². The number of rotatable bonds is 8. The third-order valence-corrected chi connectivity index (χ3v) is 3.91. The second kappa shape index (κ2) is 7.78. The van der Waals surface area contributed by atoms with Gasteiger partial charge in [-0.1, -0.05) is 37.3 Å². The van der Waals surface area contributed by atoms with Crippen LogP contribution in [0, 0.1) is 0 Å². The van der Waals surface area contributed by atoms with Gasteiger partial charge in [0.15, 0.2) is 0 Å². The molecule has 1 aromatic rings. The summed E-state index contributed by atoms with van der Waals surface area (Å²) in [5, 5.41) is 11.8. The third-order valence-electron chi connectivity index (χ3n) is 3.91. The summed E-state index contributed by atoms with van der Waals surface area (Å²) in [4.78, 5) is 23.7. The maximum absolute atomic E-state index is 12.5. The summed E-state index contributed by atoms with van der Waals surface area (Å²) in [6, 6.07) is 6.96. The predicted molar refractivity (Wildman–Crippen MR) is 87.8 cm³/mol. The van der Waals surface area contributed by atoms with E-state index in [9.17, 15) is 14.7 Å². The molecule has 0 radical (unpaired) electrons. The number of aryl methyl sites for hydroxylation is 1. The molecule has 4 nitrogen and oxygen atoms in total. The van der Waals surface area contributed by atoms with Crippen molar-refractivity contribution in [3.8, 4) is 0 Å². The van der Waals surface area contributed by atoms with E-state index in [0.717, 1.165) is 12.0 Å². The summed E-state index contributed by atoms with van der Waals surface area (Å²) in [5.41, 5.74) is 1.29. The zero-order valence-electron chi connectivity index (χ0n) is 13.6. The lowest BCUT2D eigenvalue weighted by molar-refractivity contribution is -0.142. The van der Waals surface area contributed by atoms with Crippen molar-refractivity contribution in [2.24, 2.45) is 0 Å². The molecule has 0 bridgehead atoms. The van der Waals surface area contributed by atoms with Gasteiger partial charge in [0.25, 0.3) is 0 Å². The van der Waals surface area contributed by atoms with Crippen molar-refractivity contribution in [3.63, 3.8) is 0 Å². The van der Waals surface area contributed by atoms with Crippen LogP contribution in [0.25, 0.3) is 0 Å². The van der Waals surface area contributed by atoms with E-state index in [1.54, 1.807) is 19.9 Å². The smallest absolute Gasteiger partial charge is 0.326 e. The zero-order valence-corrected chi connectivity index (χ0v) is 13.6. The van der Waals surface area contributed by atoms with Crippen LogP contribution >= 0.6 is 0 Å². The van der Waals surface area contributed by atoms with Gasteiger partial charge in [-0.3, -0.25) is 4.79 Å². The number of hydrogen-bond acceptors (Lipinski definition) is 2. The molecule has 0 saturated heterocycles. The molecule has 1 amide bonds. The fourth-order valence-corrected chi connectivity index (χ4v) is 2.17. The standard InChI is InChI=1S/C18H25NO3/c1-5-7-8-15(16(20)21)19-17(22)18(3,4)14-11-9-13(6-2)10-12-14/h5,9-12,15H,1,6-8H2,2-4H3,(H,19,22)(H,20,21). The molecule has 0 aliphatic rings.